The van der Waals surface area contributed by atoms with E-state index in [4.69, 9.17) is 4.98 Å². The molecule has 2 fully saturated rings. The van der Waals surface area contributed by atoms with Gasteiger partial charge in [0.05, 0.1) is 11.2 Å². The van der Waals surface area contributed by atoms with Crippen LogP contribution in [0.1, 0.15) is 30.9 Å². The van der Waals surface area contributed by atoms with Crippen LogP contribution in [0.2, 0.25) is 0 Å². The van der Waals surface area contributed by atoms with Crippen LogP contribution in [0.5, 0.6) is 0 Å². The SMILES string of the molecule is CCc1ccc2c(N3CC4CCN(C)CC4C3)cc(-c3ccc(CCCNC)cc3)nc2c1. The molecule has 1 aromatic heterocycles. The molecule has 174 valence electrons. The van der Waals surface area contributed by atoms with Gasteiger partial charge in [-0.05, 0) is 88.0 Å². The van der Waals surface area contributed by atoms with E-state index < -0.39 is 0 Å². The van der Waals surface area contributed by atoms with E-state index in [0.29, 0.717) is 0 Å². The second-order valence-electron chi connectivity index (χ2n) is 10.1. The lowest BCUT2D eigenvalue weighted by Gasteiger charge is -2.31. The molecule has 0 amide bonds. The van der Waals surface area contributed by atoms with Crippen molar-refractivity contribution in [1.29, 1.82) is 0 Å². The minimum Gasteiger partial charge on any atom is -0.370 e. The Bertz CT molecular complexity index is 1090. The minimum absolute atomic E-state index is 0.780. The van der Waals surface area contributed by atoms with E-state index >= 15 is 0 Å². The van der Waals surface area contributed by atoms with Crippen LogP contribution in [0.15, 0.2) is 48.5 Å². The number of benzene rings is 2. The van der Waals surface area contributed by atoms with E-state index in [1.54, 1.807) is 0 Å². The summed E-state index contributed by atoms with van der Waals surface area (Å²) in [5, 5.41) is 4.54. The third kappa shape index (κ3) is 4.78. The van der Waals surface area contributed by atoms with Crippen molar-refractivity contribution in [3.05, 3.63) is 59.7 Å². The lowest BCUT2D eigenvalue weighted by atomic mass is 9.89. The van der Waals surface area contributed by atoms with Crippen LogP contribution in [0.25, 0.3) is 22.2 Å². The first-order valence-electron chi connectivity index (χ1n) is 12.8. The van der Waals surface area contributed by atoms with Crippen molar-refractivity contribution in [3.63, 3.8) is 0 Å². The standard InChI is InChI=1S/C29H38N4/c1-4-21-9-12-26-28(16-21)31-27(23-10-7-22(8-11-23)6-5-14-30-2)17-29(26)33-19-24-13-15-32(3)18-25(24)20-33/h7-12,16-17,24-25,30H,4-6,13-15,18-20H2,1-3H3. The van der Waals surface area contributed by atoms with E-state index in [9.17, 15) is 0 Å². The highest BCUT2D eigenvalue weighted by Gasteiger charge is 2.36. The Morgan fingerprint density at radius 1 is 0.970 bits per heavy atom. The molecule has 3 heterocycles. The number of nitrogens with one attached hydrogen (secondary N) is 1. The Morgan fingerprint density at radius 2 is 1.76 bits per heavy atom. The van der Waals surface area contributed by atoms with Crippen molar-refractivity contribution in [2.24, 2.45) is 11.8 Å². The van der Waals surface area contributed by atoms with Gasteiger partial charge < -0.3 is 15.1 Å². The highest BCUT2D eigenvalue weighted by Crippen LogP contribution is 2.38. The highest BCUT2D eigenvalue weighted by molar-refractivity contribution is 5.94. The lowest BCUT2D eigenvalue weighted by Crippen LogP contribution is -2.37. The van der Waals surface area contributed by atoms with Crippen molar-refractivity contribution in [2.75, 3.05) is 51.7 Å². The van der Waals surface area contributed by atoms with Gasteiger partial charge in [-0.15, -0.1) is 0 Å². The highest BCUT2D eigenvalue weighted by atomic mass is 15.2. The zero-order valence-electron chi connectivity index (χ0n) is 20.5. The Hall–Kier alpha value is -2.43. The van der Waals surface area contributed by atoms with Gasteiger partial charge in [0.2, 0.25) is 0 Å². The van der Waals surface area contributed by atoms with Crippen LogP contribution >= 0.6 is 0 Å². The van der Waals surface area contributed by atoms with Crippen molar-refractivity contribution in [3.8, 4) is 11.3 Å². The summed E-state index contributed by atoms with van der Waals surface area (Å²) in [6.07, 6.45) is 4.64. The van der Waals surface area contributed by atoms with Crippen LogP contribution in [-0.2, 0) is 12.8 Å². The Morgan fingerprint density at radius 3 is 2.55 bits per heavy atom. The molecule has 0 bridgehead atoms. The van der Waals surface area contributed by atoms with Gasteiger partial charge >= 0.3 is 0 Å². The number of likely N-dealkylation sites (tertiary alicyclic amines) is 1. The minimum atomic E-state index is 0.780. The van der Waals surface area contributed by atoms with E-state index in [-0.39, 0.29) is 0 Å². The largest absolute Gasteiger partial charge is 0.370 e. The number of aromatic nitrogens is 1. The van der Waals surface area contributed by atoms with Gasteiger partial charge in [0.15, 0.2) is 0 Å². The van der Waals surface area contributed by atoms with Crippen molar-refractivity contribution < 1.29 is 0 Å². The maximum atomic E-state index is 5.15. The Labute approximate surface area is 199 Å². The number of fused-ring (bicyclic) bond motifs is 2. The van der Waals surface area contributed by atoms with Crippen molar-refractivity contribution in [1.82, 2.24) is 15.2 Å². The van der Waals surface area contributed by atoms with Crippen molar-refractivity contribution >= 4 is 16.6 Å². The van der Waals surface area contributed by atoms with E-state index in [2.05, 4.69) is 77.6 Å². The maximum Gasteiger partial charge on any atom is 0.0733 e. The fraction of sp³-hybridized carbons (Fsp3) is 0.483. The van der Waals surface area contributed by atoms with Gasteiger partial charge in [-0.3, -0.25) is 0 Å². The molecule has 33 heavy (non-hydrogen) atoms. The van der Waals surface area contributed by atoms with Crippen LogP contribution in [0.4, 0.5) is 5.69 Å². The number of rotatable bonds is 7. The fourth-order valence-electron chi connectivity index (χ4n) is 5.74. The predicted octanol–water partition coefficient (Wildman–Crippen LogP) is 5.00. The normalized spacial score (nSPS) is 21.0. The number of piperidine rings is 1. The molecule has 2 aliphatic rings. The molecule has 4 nitrogen and oxygen atoms in total. The second kappa shape index (κ2) is 9.82. The summed E-state index contributed by atoms with van der Waals surface area (Å²) in [6.45, 7) is 8.08. The van der Waals surface area contributed by atoms with E-state index in [1.807, 2.05) is 7.05 Å². The zero-order valence-corrected chi connectivity index (χ0v) is 20.5. The predicted molar refractivity (Wildman–Crippen MR) is 140 cm³/mol. The number of aryl methyl sites for hydroxylation is 2. The number of pyridine rings is 1. The van der Waals surface area contributed by atoms with Crippen LogP contribution < -0.4 is 10.2 Å². The Balaban J connectivity index is 1.49. The first-order chi connectivity index (χ1) is 16.1. The first kappa shape index (κ1) is 22.4. The molecule has 1 N–H and O–H groups in total. The molecule has 2 aromatic carbocycles. The topological polar surface area (TPSA) is 31.4 Å². The second-order valence-corrected chi connectivity index (χ2v) is 10.1. The third-order valence-corrected chi connectivity index (χ3v) is 7.75. The van der Waals surface area contributed by atoms with Gasteiger partial charge in [-0.1, -0.05) is 43.3 Å². The van der Waals surface area contributed by atoms with Gasteiger partial charge in [-0.25, -0.2) is 4.98 Å². The van der Waals surface area contributed by atoms with Gasteiger partial charge in [0, 0.05) is 36.3 Å². The summed E-state index contributed by atoms with van der Waals surface area (Å²) < 4.78 is 0. The molecule has 2 atom stereocenters. The van der Waals surface area contributed by atoms with E-state index in [1.165, 1.54) is 60.2 Å². The van der Waals surface area contributed by atoms with Crippen LogP contribution in [-0.4, -0.2) is 56.7 Å². The molecule has 0 saturated carbocycles. The molecule has 2 unspecified atom stereocenters. The van der Waals surface area contributed by atoms with Crippen molar-refractivity contribution in [2.45, 2.75) is 32.6 Å². The van der Waals surface area contributed by atoms with E-state index in [0.717, 1.165) is 49.0 Å². The van der Waals surface area contributed by atoms with Crippen LogP contribution in [0.3, 0.4) is 0 Å². The summed E-state index contributed by atoms with van der Waals surface area (Å²) in [6, 6.07) is 18.3. The molecule has 2 aliphatic heterocycles. The number of hydrogen-bond donors (Lipinski definition) is 1. The van der Waals surface area contributed by atoms with Gasteiger partial charge in [0.1, 0.15) is 0 Å². The summed E-state index contributed by atoms with van der Waals surface area (Å²) in [5.41, 5.74) is 7.57. The summed E-state index contributed by atoms with van der Waals surface area (Å²) >= 11 is 0. The summed E-state index contributed by atoms with van der Waals surface area (Å²) in [4.78, 5) is 10.3. The molecule has 5 rings (SSSR count). The molecule has 3 aromatic rings. The molecule has 4 heteroatoms. The average Bonchev–Trinajstić information content (AvgIpc) is 3.26. The molecular weight excluding hydrogens is 404 g/mol. The lowest BCUT2D eigenvalue weighted by molar-refractivity contribution is 0.178. The monoisotopic (exact) mass is 442 g/mol. The molecule has 0 radical (unpaired) electrons. The van der Waals surface area contributed by atoms with Gasteiger partial charge in [-0.2, -0.15) is 0 Å². The number of hydrogen-bond acceptors (Lipinski definition) is 4. The Kier molecular flexibility index (Phi) is 6.66. The molecular formula is C29H38N4. The van der Waals surface area contributed by atoms with Crippen LogP contribution in [0, 0.1) is 11.8 Å². The quantitative estimate of drug-likeness (QED) is 0.522. The third-order valence-electron chi connectivity index (χ3n) is 7.75. The smallest absolute Gasteiger partial charge is 0.0733 e. The molecule has 2 saturated heterocycles. The number of nitrogens with zero attached hydrogens (tertiary/aromatic N) is 3. The summed E-state index contributed by atoms with van der Waals surface area (Å²) in [5.74, 6) is 1.60. The van der Waals surface area contributed by atoms with Gasteiger partial charge in [0.25, 0.3) is 0 Å². The molecule has 0 aliphatic carbocycles. The first-order valence-corrected chi connectivity index (χ1v) is 12.8. The number of anilines is 1. The molecule has 0 spiro atoms. The zero-order chi connectivity index (χ0) is 22.8. The maximum absolute atomic E-state index is 5.15. The summed E-state index contributed by atoms with van der Waals surface area (Å²) in [7, 11) is 4.29. The average molecular weight is 443 g/mol. The fourth-order valence-corrected chi connectivity index (χ4v) is 5.74.